The number of thioether (sulfide) groups is 1. The van der Waals surface area contributed by atoms with E-state index in [2.05, 4.69) is 10.3 Å². The molecule has 4 nitrogen and oxygen atoms in total. The number of aliphatic imine (C=N–C) groups is 1. The minimum Gasteiger partial charge on any atom is -0.379 e. The Balaban J connectivity index is 2.10. The van der Waals surface area contributed by atoms with Crippen molar-refractivity contribution in [3.63, 3.8) is 0 Å². The maximum atomic E-state index is 11.7. The molecule has 2 aliphatic heterocycles. The van der Waals surface area contributed by atoms with Crippen molar-refractivity contribution in [3.05, 3.63) is 0 Å². The minimum absolute atomic E-state index is 0.0364. The van der Waals surface area contributed by atoms with E-state index in [1.165, 1.54) is 0 Å². The molecule has 0 radical (unpaired) electrons. The van der Waals surface area contributed by atoms with Crippen molar-refractivity contribution in [3.8, 4) is 0 Å². The van der Waals surface area contributed by atoms with Crippen LogP contribution in [0.25, 0.3) is 0 Å². The van der Waals surface area contributed by atoms with Gasteiger partial charge in [-0.2, -0.15) is 11.8 Å². The highest BCUT2D eigenvalue weighted by Gasteiger charge is 2.35. The Morgan fingerprint density at radius 3 is 3.36 bits per heavy atom. The molecule has 1 N–H and O–H groups in total. The van der Waals surface area contributed by atoms with Crippen LogP contribution in [0.1, 0.15) is 6.42 Å². The highest BCUT2D eigenvalue weighted by molar-refractivity contribution is 7.99. The average molecular weight is 214 g/mol. The van der Waals surface area contributed by atoms with E-state index >= 15 is 0 Å². The van der Waals surface area contributed by atoms with Crippen LogP contribution in [0.4, 0.5) is 0 Å². The molecule has 2 rings (SSSR count). The van der Waals surface area contributed by atoms with E-state index in [-0.39, 0.29) is 17.9 Å². The van der Waals surface area contributed by atoms with Crippen molar-refractivity contribution in [1.82, 2.24) is 5.32 Å². The predicted octanol–water partition coefficient (Wildman–Crippen LogP) is 0.283. The lowest BCUT2D eigenvalue weighted by molar-refractivity contribution is -0.127. The fourth-order valence-corrected chi connectivity index (χ4v) is 2.25. The zero-order valence-electron chi connectivity index (χ0n) is 8.16. The number of nitrogens with one attached hydrogen (secondary N) is 1. The van der Waals surface area contributed by atoms with Gasteiger partial charge in [0.1, 0.15) is 5.84 Å². The summed E-state index contributed by atoms with van der Waals surface area (Å²) in [6.07, 6.45) is 2.80. The van der Waals surface area contributed by atoms with Crippen LogP contribution in [-0.2, 0) is 9.53 Å². The Labute approximate surface area is 87.5 Å². The quantitative estimate of drug-likeness (QED) is 0.718. The lowest BCUT2D eigenvalue weighted by Crippen LogP contribution is -2.50. The SMILES string of the molecule is CSCC1=NC2COCCC2C(=O)N1. The summed E-state index contributed by atoms with van der Waals surface area (Å²) in [5.74, 6) is 1.73. The molecule has 14 heavy (non-hydrogen) atoms. The summed E-state index contributed by atoms with van der Waals surface area (Å²) in [6, 6.07) is 0.0552. The zero-order valence-corrected chi connectivity index (χ0v) is 8.97. The molecule has 1 amide bonds. The Kier molecular flexibility index (Phi) is 3.08. The molecule has 2 heterocycles. The van der Waals surface area contributed by atoms with Gasteiger partial charge in [-0.3, -0.25) is 9.79 Å². The summed E-state index contributed by atoms with van der Waals surface area (Å²) in [4.78, 5) is 16.1. The van der Waals surface area contributed by atoms with Crippen LogP contribution in [0.5, 0.6) is 0 Å². The van der Waals surface area contributed by atoms with Gasteiger partial charge in [0.05, 0.1) is 24.3 Å². The van der Waals surface area contributed by atoms with Gasteiger partial charge < -0.3 is 10.1 Å². The molecular weight excluding hydrogens is 200 g/mol. The standard InChI is InChI=1S/C9H14N2O2S/c1-14-5-8-10-7-4-13-3-2-6(7)9(12)11-8/h6-7H,2-5H2,1H3,(H,10,11,12). The molecule has 5 heteroatoms. The highest BCUT2D eigenvalue weighted by Crippen LogP contribution is 2.21. The maximum Gasteiger partial charge on any atom is 0.230 e. The first kappa shape index (κ1) is 9.98. The van der Waals surface area contributed by atoms with Crippen LogP contribution < -0.4 is 5.32 Å². The van der Waals surface area contributed by atoms with Crippen LogP contribution in [0, 0.1) is 5.92 Å². The van der Waals surface area contributed by atoms with E-state index in [4.69, 9.17) is 4.74 Å². The maximum absolute atomic E-state index is 11.7. The summed E-state index contributed by atoms with van der Waals surface area (Å²) < 4.78 is 5.32. The van der Waals surface area contributed by atoms with Gasteiger partial charge in [-0.05, 0) is 12.7 Å². The second-order valence-corrected chi connectivity index (χ2v) is 4.40. The van der Waals surface area contributed by atoms with Crippen LogP contribution in [0.3, 0.4) is 0 Å². The third kappa shape index (κ3) is 1.93. The molecule has 0 spiro atoms. The number of amidine groups is 1. The molecule has 0 aromatic rings. The number of nitrogens with zero attached hydrogens (tertiary/aromatic N) is 1. The van der Waals surface area contributed by atoms with E-state index < -0.39 is 0 Å². The van der Waals surface area contributed by atoms with Crippen LogP contribution in [-0.4, -0.2) is 43.0 Å². The molecule has 2 aliphatic rings. The molecule has 78 valence electrons. The lowest BCUT2D eigenvalue weighted by atomic mass is 9.93. The molecule has 0 bridgehead atoms. The number of carbonyl (C=O) groups excluding carboxylic acids is 1. The predicted molar refractivity (Wildman–Crippen MR) is 56.7 cm³/mol. The summed E-state index contributed by atoms with van der Waals surface area (Å²) in [5, 5.41) is 2.85. The zero-order chi connectivity index (χ0) is 9.97. The second-order valence-electron chi connectivity index (χ2n) is 3.54. The first-order valence-electron chi connectivity index (χ1n) is 4.75. The van der Waals surface area contributed by atoms with E-state index in [1.54, 1.807) is 11.8 Å². The van der Waals surface area contributed by atoms with Crippen molar-refractivity contribution in [2.24, 2.45) is 10.9 Å². The van der Waals surface area contributed by atoms with Gasteiger partial charge in [0.15, 0.2) is 0 Å². The Morgan fingerprint density at radius 1 is 1.71 bits per heavy atom. The van der Waals surface area contributed by atoms with Gasteiger partial charge in [-0.1, -0.05) is 0 Å². The Hall–Kier alpha value is -0.550. The number of ether oxygens (including phenoxy) is 1. The number of rotatable bonds is 2. The van der Waals surface area contributed by atoms with Gasteiger partial charge in [0.2, 0.25) is 5.91 Å². The van der Waals surface area contributed by atoms with Crippen LogP contribution in [0.2, 0.25) is 0 Å². The third-order valence-electron chi connectivity index (χ3n) is 2.53. The average Bonchev–Trinajstić information content (AvgIpc) is 2.18. The Bertz CT molecular complexity index is 268. The molecule has 0 aliphatic carbocycles. The smallest absolute Gasteiger partial charge is 0.230 e. The van der Waals surface area contributed by atoms with E-state index in [1.807, 2.05) is 6.26 Å². The van der Waals surface area contributed by atoms with Gasteiger partial charge in [-0.25, -0.2) is 0 Å². The number of carbonyl (C=O) groups is 1. The van der Waals surface area contributed by atoms with Gasteiger partial charge >= 0.3 is 0 Å². The summed E-state index contributed by atoms with van der Waals surface area (Å²) in [5.41, 5.74) is 0. The number of hydrogen-bond donors (Lipinski definition) is 1. The number of amides is 1. The fraction of sp³-hybridized carbons (Fsp3) is 0.778. The Morgan fingerprint density at radius 2 is 2.57 bits per heavy atom. The normalized spacial score (nSPS) is 31.8. The molecule has 1 fully saturated rings. The molecular formula is C9H14N2O2S. The van der Waals surface area contributed by atoms with Crippen LogP contribution >= 0.6 is 11.8 Å². The second kappa shape index (κ2) is 4.31. The van der Waals surface area contributed by atoms with Gasteiger partial charge in [0, 0.05) is 6.61 Å². The summed E-state index contributed by atoms with van der Waals surface area (Å²) in [7, 11) is 0. The molecule has 0 aromatic carbocycles. The summed E-state index contributed by atoms with van der Waals surface area (Å²) in [6.45, 7) is 1.28. The molecule has 1 saturated heterocycles. The first-order valence-corrected chi connectivity index (χ1v) is 6.15. The van der Waals surface area contributed by atoms with E-state index in [9.17, 15) is 4.79 Å². The molecule has 0 aromatic heterocycles. The molecule has 0 saturated carbocycles. The van der Waals surface area contributed by atoms with E-state index in [0.29, 0.717) is 13.2 Å². The highest BCUT2D eigenvalue weighted by atomic mass is 32.2. The van der Waals surface area contributed by atoms with Crippen molar-refractivity contribution in [2.75, 3.05) is 25.2 Å². The molecule has 2 atom stereocenters. The van der Waals surface area contributed by atoms with Crippen LogP contribution in [0.15, 0.2) is 4.99 Å². The first-order chi connectivity index (χ1) is 6.81. The lowest BCUT2D eigenvalue weighted by Gasteiger charge is -2.32. The minimum atomic E-state index is 0.0364. The van der Waals surface area contributed by atoms with Gasteiger partial charge in [-0.15, -0.1) is 0 Å². The van der Waals surface area contributed by atoms with Crippen molar-refractivity contribution in [2.45, 2.75) is 12.5 Å². The number of hydrogen-bond acceptors (Lipinski definition) is 4. The van der Waals surface area contributed by atoms with Crippen molar-refractivity contribution in [1.29, 1.82) is 0 Å². The number of fused-ring (bicyclic) bond motifs is 1. The van der Waals surface area contributed by atoms with Gasteiger partial charge in [0.25, 0.3) is 0 Å². The van der Waals surface area contributed by atoms with Crippen molar-refractivity contribution < 1.29 is 9.53 Å². The largest absolute Gasteiger partial charge is 0.379 e. The molecule has 2 unspecified atom stereocenters. The van der Waals surface area contributed by atoms with E-state index in [0.717, 1.165) is 18.0 Å². The third-order valence-corrected chi connectivity index (χ3v) is 3.10. The summed E-state index contributed by atoms with van der Waals surface area (Å²) >= 11 is 1.66. The topological polar surface area (TPSA) is 50.7 Å². The monoisotopic (exact) mass is 214 g/mol. The fourth-order valence-electron chi connectivity index (χ4n) is 1.83. The van der Waals surface area contributed by atoms with Crippen molar-refractivity contribution >= 4 is 23.5 Å².